The van der Waals surface area contributed by atoms with Crippen molar-refractivity contribution < 1.29 is 14.3 Å². The summed E-state index contributed by atoms with van der Waals surface area (Å²) in [6.45, 7) is 13.5. The van der Waals surface area contributed by atoms with Crippen LogP contribution in [0.3, 0.4) is 0 Å². The minimum Gasteiger partial charge on any atom is -0.468 e. The van der Waals surface area contributed by atoms with E-state index in [4.69, 9.17) is 9.47 Å². The molecular formula is C14H29NO3. The topological polar surface area (TPSA) is 47.6 Å². The van der Waals surface area contributed by atoms with Crippen LogP contribution < -0.4 is 5.32 Å². The van der Waals surface area contributed by atoms with Crippen molar-refractivity contribution in [2.75, 3.05) is 20.3 Å². The maximum absolute atomic E-state index is 11.6. The molecular weight excluding hydrogens is 230 g/mol. The maximum Gasteiger partial charge on any atom is 0.325 e. The van der Waals surface area contributed by atoms with Crippen LogP contribution in [0.15, 0.2) is 0 Å². The highest BCUT2D eigenvalue weighted by Crippen LogP contribution is 2.17. The van der Waals surface area contributed by atoms with Gasteiger partial charge in [-0.2, -0.15) is 0 Å². The van der Waals surface area contributed by atoms with Gasteiger partial charge in [0.2, 0.25) is 0 Å². The minimum absolute atomic E-state index is 0.249. The van der Waals surface area contributed by atoms with Crippen LogP contribution in [0.1, 0.15) is 48.0 Å². The van der Waals surface area contributed by atoms with E-state index in [1.807, 2.05) is 20.8 Å². The molecule has 0 heterocycles. The summed E-state index contributed by atoms with van der Waals surface area (Å²) in [6, 6.07) is -0.392. The lowest BCUT2D eigenvalue weighted by Gasteiger charge is -2.25. The predicted molar refractivity (Wildman–Crippen MR) is 73.6 cm³/mol. The second-order valence-electron chi connectivity index (χ2n) is 6.76. The third-order valence-corrected chi connectivity index (χ3v) is 2.43. The van der Waals surface area contributed by atoms with Crippen molar-refractivity contribution in [3.8, 4) is 0 Å². The van der Waals surface area contributed by atoms with E-state index in [1.54, 1.807) is 0 Å². The Morgan fingerprint density at radius 1 is 1.17 bits per heavy atom. The first-order valence-corrected chi connectivity index (χ1v) is 6.50. The zero-order valence-corrected chi connectivity index (χ0v) is 12.9. The molecule has 18 heavy (non-hydrogen) atoms. The molecule has 0 unspecified atom stereocenters. The molecule has 1 atom stereocenters. The SMILES string of the molecule is COC(=O)[C@H](COC(C)(C)C)NCCC(C)(C)C. The molecule has 0 amide bonds. The monoisotopic (exact) mass is 259 g/mol. The van der Waals surface area contributed by atoms with Crippen LogP contribution in [0.2, 0.25) is 0 Å². The highest BCUT2D eigenvalue weighted by molar-refractivity contribution is 5.75. The third-order valence-electron chi connectivity index (χ3n) is 2.43. The molecule has 0 aliphatic carbocycles. The van der Waals surface area contributed by atoms with E-state index in [0.717, 1.165) is 13.0 Å². The van der Waals surface area contributed by atoms with Gasteiger partial charge in [-0.3, -0.25) is 4.79 Å². The quantitative estimate of drug-likeness (QED) is 0.744. The lowest BCUT2D eigenvalue weighted by atomic mass is 9.92. The Balaban J connectivity index is 4.21. The molecule has 0 fully saturated rings. The first-order valence-electron chi connectivity index (χ1n) is 6.50. The van der Waals surface area contributed by atoms with Crippen molar-refractivity contribution in [2.24, 2.45) is 5.41 Å². The number of hydrogen-bond acceptors (Lipinski definition) is 4. The van der Waals surface area contributed by atoms with Crippen molar-refractivity contribution in [3.63, 3.8) is 0 Å². The van der Waals surface area contributed by atoms with E-state index in [9.17, 15) is 4.79 Å². The lowest BCUT2D eigenvalue weighted by Crippen LogP contribution is -2.44. The molecule has 1 N–H and O–H groups in total. The summed E-state index contributed by atoms with van der Waals surface area (Å²) in [5, 5.41) is 3.20. The Morgan fingerprint density at radius 3 is 2.11 bits per heavy atom. The largest absolute Gasteiger partial charge is 0.468 e. The van der Waals surface area contributed by atoms with Gasteiger partial charge in [-0.05, 0) is 39.2 Å². The fourth-order valence-corrected chi connectivity index (χ4v) is 1.31. The first kappa shape index (κ1) is 17.4. The number of carbonyl (C=O) groups excluding carboxylic acids is 1. The molecule has 0 aromatic carbocycles. The van der Waals surface area contributed by atoms with E-state index >= 15 is 0 Å². The molecule has 4 heteroatoms. The number of nitrogens with one attached hydrogen (secondary N) is 1. The molecule has 0 bridgehead atoms. The van der Waals surface area contributed by atoms with Gasteiger partial charge in [0.25, 0.3) is 0 Å². The van der Waals surface area contributed by atoms with Crippen molar-refractivity contribution in [1.82, 2.24) is 5.32 Å². The van der Waals surface area contributed by atoms with Gasteiger partial charge in [0.15, 0.2) is 0 Å². The van der Waals surface area contributed by atoms with Gasteiger partial charge in [-0.15, -0.1) is 0 Å². The fraction of sp³-hybridized carbons (Fsp3) is 0.929. The Hall–Kier alpha value is -0.610. The fourth-order valence-electron chi connectivity index (χ4n) is 1.31. The smallest absolute Gasteiger partial charge is 0.325 e. The Bertz CT molecular complexity index is 251. The zero-order valence-electron chi connectivity index (χ0n) is 12.9. The van der Waals surface area contributed by atoms with Crippen LogP contribution in [0, 0.1) is 5.41 Å². The molecule has 0 aliphatic heterocycles. The van der Waals surface area contributed by atoms with E-state index in [2.05, 4.69) is 26.1 Å². The van der Waals surface area contributed by atoms with Crippen molar-refractivity contribution in [1.29, 1.82) is 0 Å². The van der Waals surface area contributed by atoms with Crippen molar-refractivity contribution in [3.05, 3.63) is 0 Å². The van der Waals surface area contributed by atoms with E-state index in [1.165, 1.54) is 7.11 Å². The second-order valence-corrected chi connectivity index (χ2v) is 6.76. The van der Waals surface area contributed by atoms with Crippen LogP contribution in [-0.4, -0.2) is 37.9 Å². The van der Waals surface area contributed by atoms with Crippen LogP contribution in [0.4, 0.5) is 0 Å². The average Bonchev–Trinajstić information content (AvgIpc) is 2.19. The minimum atomic E-state index is -0.392. The molecule has 0 radical (unpaired) electrons. The van der Waals surface area contributed by atoms with Gasteiger partial charge in [0.05, 0.1) is 19.3 Å². The molecule has 0 aromatic rings. The van der Waals surface area contributed by atoms with E-state index in [0.29, 0.717) is 6.61 Å². The van der Waals surface area contributed by atoms with Crippen molar-refractivity contribution >= 4 is 5.97 Å². The van der Waals surface area contributed by atoms with Gasteiger partial charge in [0.1, 0.15) is 6.04 Å². The van der Waals surface area contributed by atoms with Gasteiger partial charge in [-0.1, -0.05) is 20.8 Å². The summed E-state index contributed by atoms with van der Waals surface area (Å²) in [5.41, 5.74) is -0.00344. The molecule has 0 aliphatic rings. The molecule has 0 saturated heterocycles. The summed E-state index contributed by atoms with van der Waals surface area (Å²) in [5.74, 6) is -0.270. The third kappa shape index (κ3) is 9.42. The number of carbonyl (C=O) groups is 1. The highest BCUT2D eigenvalue weighted by Gasteiger charge is 2.22. The molecule has 4 nitrogen and oxygen atoms in total. The predicted octanol–water partition coefficient (Wildman–Crippen LogP) is 2.37. The number of methoxy groups -OCH3 is 1. The second kappa shape index (κ2) is 7.10. The number of ether oxygens (including phenoxy) is 2. The molecule has 0 saturated carbocycles. The Morgan fingerprint density at radius 2 is 1.72 bits per heavy atom. The lowest BCUT2D eigenvalue weighted by molar-refractivity contribution is -0.146. The van der Waals surface area contributed by atoms with Crippen LogP contribution in [-0.2, 0) is 14.3 Å². The van der Waals surface area contributed by atoms with E-state index < -0.39 is 6.04 Å². The Labute approximate surface area is 111 Å². The highest BCUT2D eigenvalue weighted by atomic mass is 16.5. The summed E-state index contributed by atoms with van der Waals surface area (Å²) >= 11 is 0. The van der Waals surface area contributed by atoms with E-state index in [-0.39, 0.29) is 17.0 Å². The standard InChI is InChI=1S/C14H29NO3/c1-13(2,3)8-9-15-11(12(16)17-7)10-18-14(4,5)6/h11,15H,8-10H2,1-7H3/t11-/m0/s1. The number of rotatable bonds is 6. The summed E-state index contributed by atoms with van der Waals surface area (Å²) in [6.07, 6.45) is 0.996. The molecule has 0 aromatic heterocycles. The van der Waals surface area contributed by atoms with Gasteiger partial charge in [-0.25, -0.2) is 0 Å². The first-order chi connectivity index (χ1) is 8.05. The molecule has 0 spiro atoms. The normalized spacial score (nSPS) is 14.4. The number of esters is 1. The summed E-state index contributed by atoms with van der Waals surface area (Å²) in [4.78, 5) is 11.6. The van der Waals surface area contributed by atoms with Crippen LogP contribution in [0.5, 0.6) is 0 Å². The molecule has 108 valence electrons. The van der Waals surface area contributed by atoms with Gasteiger partial charge in [0, 0.05) is 0 Å². The zero-order chi connectivity index (χ0) is 14.4. The average molecular weight is 259 g/mol. The number of hydrogen-bond donors (Lipinski definition) is 1. The van der Waals surface area contributed by atoms with Crippen LogP contribution >= 0.6 is 0 Å². The van der Waals surface area contributed by atoms with Crippen molar-refractivity contribution in [2.45, 2.75) is 59.6 Å². The summed E-state index contributed by atoms with van der Waals surface area (Å²) < 4.78 is 10.4. The van der Waals surface area contributed by atoms with Crippen LogP contribution in [0.25, 0.3) is 0 Å². The van der Waals surface area contributed by atoms with Gasteiger partial charge >= 0.3 is 5.97 Å². The Kier molecular flexibility index (Phi) is 6.86. The summed E-state index contributed by atoms with van der Waals surface area (Å²) in [7, 11) is 1.40. The van der Waals surface area contributed by atoms with Gasteiger partial charge < -0.3 is 14.8 Å². The molecule has 0 rings (SSSR count). The maximum atomic E-state index is 11.6.